The van der Waals surface area contributed by atoms with Gasteiger partial charge in [0.25, 0.3) is 0 Å². The molecule has 184 valence electrons. The Balaban J connectivity index is 0.990. The van der Waals surface area contributed by atoms with Gasteiger partial charge in [0.2, 0.25) is 0 Å². The number of rotatable bonds is 0. The molecule has 4 fully saturated rings. The zero-order valence-corrected chi connectivity index (χ0v) is 22.5. The highest BCUT2D eigenvalue weighted by Crippen LogP contribution is 2.79. The molecule has 4 bridgehead atoms. The van der Waals surface area contributed by atoms with Crippen molar-refractivity contribution >= 4 is 0 Å². The van der Waals surface area contributed by atoms with Crippen molar-refractivity contribution in [3.05, 3.63) is 92.0 Å². The molecule has 11 rings (SSSR count). The van der Waals surface area contributed by atoms with E-state index in [0.29, 0.717) is 0 Å². The van der Waals surface area contributed by atoms with Gasteiger partial charge in [-0.1, -0.05) is 50.2 Å². The molecule has 0 aromatic heterocycles. The van der Waals surface area contributed by atoms with Gasteiger partial charge in [-0.3, -0.25) is 0 Å². The van der Waals surface area contributed by atoms with Crippen LogP contribution in [-0.4, -0.2) is 0 Å². The Labute approximate surface area is 220 Å². The fourth-order valence-corrected chi connectivity index (χ4v) is 12.6. The first-order valence-electron chi connectivity index (χ1n) is 15.4. The van der Waals surface area contributed by atoms with Crippen LogP contribution in [0, 0.1) is 49.4 Å². The summed E-state index contributed by atoms with van der Waals surface area (Å²) in [6, 6.07) is 15.9. The van der Waals surface area contributed by atoms with E-state index in [1.54, 1.807) is 55.6 Å². The summed E-state index contributed by atoms with van der Waals surface area (Å²) in [6.45, 7) is 9.71. The van der Waals surface area contributed by atoms with Crippen LogP contribution in [-0.2, 0) is 6.42 Å². The molecule has 12 unspecified atom stereocenters. The molecule has 3 aromatic carbocycles. The lowest BCUT2D eigenvalue weighted by atomic mass is 9.49. The van der Waals surface area contributed by atoms with Gasteiger partial charge < -0.3 is 0 Å². The van der Waals surface area contributed by atoms with Crippen LogP contribution in [0.1, 0.15) is 118 Å². The molecule has 3 aromatic rings. The van der Waals surface area contributed by atoms with Gasteiger partial charge in [0.15, 0.2) is 0 Å². The van der Waals surface area contributed by atoms with Gasteiger partial charge in [-0.25, -0.2) is 0 Å². The molecule has 8 aliphatic carbocycles. The third-order valence-electron chi connectivity index (χ3n) is 14.3. The third kappa shape index (κ3) is 1.89. The summed E-state index contributed by atoms with van der Waals surface area (Å²) in [6.07, 6.45) is 4.15. The predicted molar refractivity (Wildman–Crippen MR) is 149 cm³/mol. The molecule has 0 N–H and O–H groups in total. The fraction of sp³-hybridized carbons (Fsp3) is 0.514. The van der Waals surface area contributed by atoms with Gasteiger partial charge in [-0.2, -0.15) is 0 Å². The van der Waals surface area contributed by atoms with Gasteiger partial charge in [0.1, 0.15) is 0 Å². The Hall–Kier alpha value is -2.34. The van der Waals surface area contributed by atoms with Crippen molar-refractivity contribution in [2.24, 2.45) is 35.5 Å². The number of benzene rings is 3. The first-order valence-corrected chi connectivity index (χ1v) is 15.4. The van der Waals surface area contributed by atoms with Crippen molar-refractivity contribution in [3.63, 3.8) is 0 Å². The van der Waals surface area contributed by atoms with Gasteiger partial charge in [0, 0.05) is 0 Å². The Morgan fingerprint density at radius 3 is 1.27 bits per heavy atom. The summed E-state index contributed by atoms with van der Waals surface area (Å²) in [5.74, 6) is 10.7. The summed E-state index contributed by atoms with van der Waals surface area (Å²) in [5, 5.41) is 0. The SMILES string of the molecule is Cc1cc2c(cc1C)C1C3CC(C21)C1c2cc4c(cc2C31)-c1cc2c(cc1C4)C1C3CC(C(C)C3C)C21. The highest BCUT2D eigenvalue weighted by Gasteiger charge is 2.67. The largest absolute Gasteiger partial charge is 0.0620 e. The second kappa shape index (κ2) is 5.80. The van der Waals surface area contributed by atoms with Crippen molar-refractivity contribution in [2.45, 2.75) is 82.5 Å². The zero-order valence-electron chi connectivity index (χ0n) is 22.5. The molecule has 0 saturated heterocycles. The molecular formula is C37H36. The van der Waals surface area contributed by atoms with E-state index in [4.69, 9.17) is 0 Å². The summed E-state index contributed by atoms with van der Waals surface area (Å²) in [7, 11) is 0. The van der Waals surface area contributed by atoms with E-state index >= 15 is 0 Å². The molecule has 37 heavy (non-hydrogen) atoms. The van der Waals surface area contributed by atoms with Gasteiger partial charge in [-0.15, -0.1) is 0 Å². The number of fused-ring (bicyclic) bond motifs is 25. The maximum absolute atomic E-state index is 2.71. The van der Waals surface area contributed by atoms with E-state index in [1.807, 2.05) is 0 Å². The summed E-state index contributed by atoms with van der Waals surface area (Å²) >= 11 is 0. The highest BCUT2D eigenvalue weighted by atomic mass is 14.7. The lowest BCUT2D eigenvalue weighted by Crippen LogP contribution is -2.41. The van der Waals surface area contributed by atoms with E-state index < -0.39 is 0 Å². The molecule has 12 atom stereocenters. The van der Waals surface area contributed by atoms with Crippen molar-refractivity contribution in [2.75, 3.05) is 0 Å². The monoisotopic (exact) mass is 480 g/mol. The minimum absolute atomic E-state index is 0.842. The smallest absolute Gasteiger partial charge is 0.00132 e. The van der Waals surface area contributed by atoms with Gasteiger partial charge in [-0.05, 0) is 171 Å². The molecule has 4 saturated carbocycles. The standard InChI is InChI=1S/C37H36/c1-14-5-24-25(6-15(14)2)35-31-13-30(34(24)35)36-27-9-19-7-18-8-26-28(11-22(18)23(19)12-29(27)37(31)36)33-21-10-20(32(26)33)16(3)17(21)4/h5-6,8-9,11-12,16-17,20-21,30-37H,7,10,13H2,1-4H3. The van der Waals surface area contributed by atoms with Crippen LogP contribution in [0.5, 0.6) is 0 Å². The minimum atomic E-state index is 0.842. The number of hydrogen-bond acceptors (Lipinski definition) is 0. The first kappa shape index (κ1) is 19.7. The summed E-state index contributed by atoms with van der Waals surface area (Å²) in [4.78, 5) is 0. The molecule has 0 heteroatoms. The number of hydrogen-bond donors (Lipinski definition) is 0. The van der Waals surface area contributed by atoms with Crippen LogP contribution >= 0.6 is 0 Å². The molecule has 0 spiro atoms. The van der Waals surface area contributed by atoms with Crippen LogP contribution < -0.4 is 0 Å². The van der Waals surface area contributed by atoms with E-state index in [9.17, 15) is 0 Å². The first-order chi connectivity index (χ1) is 18.0. The molecule has 8 aliphatic rings. The second-order valence-corrected chi connectivity index (χ2v) is 15.0. The zero-order chi connectivity index (χ0) is 24.2. The second-order valence-electron chi connectivity index (χ2n) is 15.0. The average molecular weight is 481 g/mol. The predicted octanol–water partition coefficient (Wildman–Crippen LogP) is 8.69. The number of aryl methyl sites for hydroxylation is 2. The fourth-order valence-electron chi connectivity index (χ4n) is 12.6. The molecule has 0 amide bonds. The minimum Gasteiger partial charge on any atom is -0.0620 e. The molecule has 0 heterocycles. The average Bonchev–Trinajstić information content (AvgIpc) is 3.62. The van der Waals surface area contributed by atoms with Crippen LogP contribution in [0.15, 0.2) is 36.4 Å². The summed E-state index contributed by atoms with van der Waals surface area (Å²) < 4.78 is 0. The molecule has 0 nitrogen and oxygen atoms in total. The van der Waals surface area contributed by atoms with Gasteiger partial charge >= 0.3 is 0 Å². The van der Waals surface area contributed by atoms with E-state index in [0.717, 1.165) is 71.0 Å². The van der Waals surface area contributed by atoms with Crippen molar-refractivity contribution in [1.29, 1.82) is 0 Å². The Bertz CT molecular complexity index is 1640. The van der Waals surface area contributed by atoms with Crippen LogP contribution in [0.25, 0.3) is 11.1 Å². The quantitative estimate of drug-likeness (QED) is 0.221. The molecular weight excluding hydrogens is 444 g/mol. The normalized spacial score (nSPS) is 44.4. The van der Waals surface area contributed by atoms with Gasteiger partial charge in [0.05, 0.1) is 0 Å². The Morgan fingerprint density at radius 2 is 0.811 bits per heavy atom. The van der Waals surface area contributed by atoms with Crippen molar-refractivity contribution < 1.29 is 0 Å². The maximum Gasteiger partial charge on any atom is -0.00132 e. The lowest BCUT2D eigenvalue weighted by molar-refractivity contribution is 0.181. The van der Waals surface area contributed by atoms with E-state index in [-0.39, 0.29) is 0 Å². The van der Waals surface area contributed by atoms with Crippen LogP contribution in [0.2, 0.25) is 0 Å². The summed E-state index contributed by atoms with van der Waals surface area (Å²) in [5.41, 5.74) is 20.0. The van der Waals surface area contributed by atoms with Crippen LogP contribution in [0.3, 0.4) is 0 Å². The molecule has 0 radical (unpaired) electrons. The highest BCUT2D eigenvalue weighted by molar-refractivity contribution is 5.81. The third-order valence-corrected chi connectivity index (χ3v) is 14.3. The molecule has 0 aliphatic heterocycles. The van der Waals surface area contributed by atoms with E-state index in [2.05, 4.69) is 64.1 Å². The lowest BCUT2D eigenvalue weighted by Gasteiger charge is -2.54. The topological polar surface area (TPSA) is 0 Å². The van der Waals surface area contributed by atoms with Crippen LogP contribution in [0.4, 0.5) is 0 Å². The maximum atomic E-state index is 2.71. The Morgan fingerprint density at radius 1 is 0.459 bits per heavy atom. The van der Waals surface area contributed by atoms with E-state index in [1.165, 1.54) is 30.4 Å². The van der Waals surface area contributed by atoms with Crippen molar-refractivity contribution in [3.8, 4) is 11.1 Å². The van der Waals surface area contributed by atoms with Crippen molar-refractivity contribution in [1.82, 2.24) is 0 Å². The Kier molecular flexibility index (Phi) is 3.09.